The van der Waals surface area contributed by atoms with Crippen molar-refractivity contribution in [3.8, 4) is 0 Å². The second-order valence-corrected chi connectivity index (χ2v) is 6.76. The molecule has 2 N–H and O–H groups in total. The van der Waals surface area contributed by atoms with Gasteiger partial charge in [0.2, 0.25) is 5.91 Å². The van der Waals surface area contributed by atoms with Gasteiger partial charge in [-0.3, -0.25) is 4.79 Å². The zero-order valence-corrected chi connectivity index (χ0v) is 14.3. The van der Waals surface area contributed by atoms with E-state index in [0.29, 0.717) is 12.0 Å². The SMILES string of the molecule is CCOCCCN1CCC(NC(=O)C2CCNCC2)C(C)C1. The summed E-state index contributed by atoms with van der Waals surface area (Å²) in [6.45, 7) is 11.2. The molecule has 0 spiro atoms. The van der Waals surface area contributed by atoms with Gasteiger partial charge in [-0.1, -0.05) is 6.92 Å². The van der Waals surface area contributed by atoms with Crippen LogP contribution in [-0.4, -0.2) is 62.8 Å². The fraction of sp³-hybridized carbons (Fsp3) is 0.941. The van der Waals surface area contributed by atoms with E-state index >= 15 is 0 Å². The van der Waals surface area contributed by atoms with Crippen molar-refractivity contribution in [1.82, 2.24) is 15.5 Å². The Labute approximate surface area is 135 Å². The Morgan fingerprint density at radius 3 is 2.77 bits per heavy atom. The van der Waals surface area contributed by atoms with Gasteiger partial charge < -0.3 is 20.3 Å². The molecule has 0 aliphatic carbocycles. The first-order valence-corrected chi connectivity index (χ1v) is 9.02. The molecule has 2 saturated heterocycles. The Bertz CT molecular complexity index is 332. The van der Waals surface area contributed by atoms with Crippen LogP contribution < -0.4 is 10.6 Å². The molecule has 2 aliphatic rings. The first-order valence-electron chi connectivity index (χ1n) is 9.02. The highest BCUT2D eigenvalue weighted by molar-refractivity contribution is 5.79. The van der Waals surface area contributed by atoms with E-state index in [1.165, 1.54) is 0 Å². The lowest BCUT2D eigenvalue weighted by Crippen LogP contribution is -2.52. The molecule has 2 unspecified atom stereocenters. The van der Waals surface area contributed by atoms with Gasteiger partial charge in [0.05, 0.1) is 0 Å². The molecule has 0 aromatic carbocycles. The first kappa shape index (κ1) is 17.7. The molecule has 1 amide bonds. The number of nitrogens with zero attached hydrogens (tertiary/aromatic N) is 1. The predicted molar refractivity (Wildman–Crippen MR) is 88.9 cm³/mol. The molecular weight excluding hydrogens is 278 g/mol. The smallest absolute Gasteiger partial charge is 0.223 e. The van der Waals surface area contributed by atoms with Crippen molar-refractivity contribution in [1.29, 1.82) is 0 Å². The molecule has 2 fully saturated rings. The van der Waals surface area contributed by atoms with Crippen molar-refractivity contribution in [2.24, 2.45) is 11.8 Å². The largest absolute Gasteiger partial charge is 0.382 e. The van der Waals surface area contributed by atoms with E-state index in [9.17, 15) is 4.79 Å². The van der Waals surface area contributed by atoms with Gasteiger partial charge in [-0.05, 0) is 51.6 Å². The van der Waals surface area contributed by atoms with E-state index in [-0.39, 0.29) is 11.8 Å². The zero-order valence-electron chi connectivity index (χ0n) is 14.3. The zero-order chi connectivity index (χ0) is 15.8. The summed E-state index contributed by atoms with van der Waals surface area (Å²) in [5.74, 6) is 1.03. The summed E-state index contributed by atoms with van der Waals surface area (Å²) in [5.41, 5.74) is 0. The molecule has 0 saturated carbocycles. The second-order valence-electron chi connectivity index (χ2n) is 6.76. The summed E-state index contributed by atoms with van der Waals surface area (Å²) >= 11 is 0. The normalized spacial score (nSPS) is 27.7. The van der Waals surface area contributed by atoms with Crippen molar-refractivity contribution in [2.75, 3.05) is 45.9 Å². The van der Waals surface area contributed by atoms with Gasteiger partial charge in [-0.2, -0.15) is 0 Å². The van der Waals surface area contributed by atoms with Crippen LogP contribution in [0.4, 0.5) is 0 Å². The maximum Gasteiger partial charge on any atom is 0.223 e. The standard InChI is InChI=1S/C17H33N3O2/c1-3-22-12-4-10-20-11-7-16(14(2)13-20)19-17(21)15-5-8-18-9-6-15/h14-16,18H,3-13H2,1-2H3,(H,19,21). The number of carbonyl (C=O) groups is 1. The van der Waals surface area contributed by atoms with Gasteiger partial charge in [-0.15, -0.1) is 0 Å². The van der Waals surface area contributed by atoms with Crippen molar-refractivity contribution in [3.63, 3.8) is 0 Å². The third-order valence-electron chi connectivity index (χ3n) is 4.99. The van der Waals surface area contributed by atoms with Gasteiger partial charge in [-0.25, -0.2) is 0 Å². The van der Waals surface area contributed by atoms with Gasteiger partial charge in [0.15, 0.2) is 0 Å². The summed E-state index contributed by atoms with van der Waals surface area (Å²) < 4.78 is 5.40. The Morgan fingerprint density at radius 2 is 2.09 bits per heavy atom. The minimum absolute atomic E-state index is 0.220. The molecule has 5 nitrogen and oxygen atoms in total. The van der Waals surface area contributed by atoms with E-state index in [1.807, 2.05) is 6.92 Å². The van der Waals surface area contributed by atoms with Crippen LogP contribution >= 0.6 is 0 Å². The Balaban J connectivity index is 1.67. The molecule has 128 valence electrons. The van der Waals surface area contributed by atoms with Crippen LogP contribution in [0.25, 0.3) is 0 Å². The molecule has 0 aromatic heterocycles. The van der Waals surface area contributed by atoms with Crippen LogP contribution in [-0.2, 0) is 9.53 Å². The highest BCUT2D eigenvalue weighted by atomic mass is 16.5. The lowest BCUT2D eigenvalue weighted by molar-refractivity contribution is -0.127. The van der Waals surface area contributed by atoms with Crippen molar-refractivity contribution in [2.45, 2.75) is 45.6 Å². The number of hydrogen-bond acceptors (Lipinski definition) is 4. The highest BCUT2D eigenvalue weighted by Gasteiger charge is 2.29. The number of likely N-dealkylation sites (tertiary alicyclic amines) is 1. The van der Waals surface area contributed by atoms with E-state index in [1.54, 1.807) is 0 Å². The van der Waals surface area contributed by atoms with Crippen LogP contribution in [0.3, 0.4) is 0 Å². The van der Waals surface area contributed by atoms with E-state index in [4.69, 9.17) is 4.74 Å². The number of hydrogen-bond donors (Lipinski definition) is 2. The fourth-order valence-electron chi connectivity index (χ4n) is 3.57. The number of ether oxygens (including phenoxy) is 1. The minimum Gasteiger partial charge on any atom is -0.382 e. The maximum atomic E-state index is 12.4. The Hall–Kier alpha value is -0.650. The molecule has 2 aliphatic heterocycles. The van der Waals surface area contributed by atoms with Crippen LogP contribution in [0, 0.1) is 11.8 Å². The summed E-state index contributed by atoms with van der Waals surface area (Å²) in [6, 6.07) is 0.352. The summed E-state index contributed by atoms with van der Waals surface area (Å²) in [7, 11) is 0. The summed E-state index contributed by atoms with van der Waals surface area (Å²) in [4.78, 5) is 14.9. The fourth-order valence-corrected chi connectivity index (χ4v) is 3.57. The van der Waals surface area contributed by atoms with E-state index < -0.39 is 0 Å². The van der Waals surface area contributed by atoms with Gasteiger partial charge in [0.1, 0.15) is 0 Å². The van der Waals surface area contributed by atoms with E-state index in [0.717, 1.165) is 71.6 Å². The topological polar surface area (TPSA) is 53.6 Å². The monoisotopic (exact) mass is 311 g/mol. The highest BCUT2D eigenvalue weighted by Crippen LogP contribution is 2.19. The molecule has 2 rings (SSSR count). The van der Waals surface area contributed by atoms with Crippen LogP contribution in [0.5, 0.6) is 0 Å². The van der Waals surface area contributed by atoms with Gasteiger partial charge in [0, 0.05) is 44.8 Å². The molecule has 0 aromatic rings. The quantitative estimate of drug-likeness (QED) is 0.695. The number of nitrogens with one attached hydrogen (secondary N) is 2. The lowest BCUT2D eigenvalue weighted by Gasteiger charge is -2.38. The van der Waals surface area contributed by atoms with Crippen molar-refractivity contribution in [3.05, 3.63) is 0 Å². The summed E-state index contributed by atoms with van der Waals surface area (Å²) in [5, 5.41) is 6.64. The molecule has 0 radical (unpaired) electrons. The Kier molecular flexibility index (Phi) is 7.63. The molecular formula is C17H33N3O2. The third kappa shape index (κ3) is 5.52. The van der Waals surface area contributed by atoms with Crippen molar-refractivity contribution >= 4 is 5.91 Å². The second kappa shape index (κ2) is 9.48. The average Bonchev–Trinajstić information content (AvgIpc) is 2.55. The third-order valence-corrected chi connectivity index (χ3v) is 4.99. The number of carbonyl (C=O) groups excluding carboxylic acids is 1. The average molecular weight is 311 g/mol. The van der Waals surface area contributed by atoms with E-state index in [2.05, 4.69) is 22.5 Å². The number of piperidine rings is 2. The number of rotatable bonds is 7. The van der Waals surface area contributed by atoms with Crippen LogP contribution in [0.1, 0.15) is 39.5 Å². The Morgan fingerprint density at radius 1 is 1.32 bits per heavy atom. The van der Waals surface area contributed by atoms with Gasteiger partial charge in [0.25, 0.3) is 0 Å². The molecule has 5 heteroatoms. The first-order chi connectivity index (χ1) is 10.7. The predicted octanol–water partition coefficient (Wildman–Crippen LogP) is 1.24. The van der Waals surface area contributed by atoms with Gasteiger partial charge >= 0.3 is 0 Å². The van der Waals surface area contributed by atoms with Crippen molar-refractivity contribution < 1.29 is 9.53 Å². The molecule has 0 bridgehead atoms. The lowest BCUT2D eigenvalue weighted by atomic mass is 9.91. The number of amides is 1. The van der Waals surface area contributed by atoms with Crippen LogP contribution in [0.15, 0.2) is 0 Å². The molecule has 2 heterocycles. The summed E-state index contributed by atoms with van der Waals surface area (Å²) in [6.07, 6.45) is 4.14. The minimum atomic E-state index is 0.220. The van der Waals surface area contributed by atoms with Crippen LogP contribution in [0.2, 0.25) is 0 Å². The molecule has 2 atom stereocenters. The molecule has 22 heavy (non-hydrogen) atoms. The maximum absolute atomic E-state index is 12.4.